The summed E-state index contributed by atoms with van der Waals surface area (Å²) in [7, 11) is -3.15. The zero-order valence-electron chi connectivity index (χ0n) is 13.1. The molecule has 24 heavy (non-hydrogen) atoms. The smallest absolute Gasteiger partial charge is 0.394 e. The molecule has 0 radical (unpaired) electrons. The SMILES string of the molecule is O=[PH](OO)Oc1c(O)cc(OCCCCCCO)c2ccccc12. The fraction of sp³-hybridized carbons (Fsp3) is 0.375. The highest BCUT2D eigenvalue weighted by Crippen LogP contribution is 2.44. The topological polar surface area (TPSA) is 105 Å². The minimum absolute atomic E-state index is 0.0289. The zero-order valence-corrected chi connectivity index (χ0v) is 14.1. The molecule has 0 aliphatic rings. The lowest BCUT2D eigenvalue weighted by Gasteiger charge is -2.14. The van der Waals surface area contributed by atoms with E-state index < -0.39 is 8.25 Å². The minimum atomic E-state index is -3.15. The van der Waals surface area contributed by atoms with Crippen LogP contribution in [0.4, 0.5) is 0 Å². The molecular weight excluding hydrogens is 335 g/mol. The van der Waals surface area contributed by atoms with Crippen LogP contribution in [0.1, 0.15) is 25.7 Å². The van der Waals surface area contributed by atoms with Gasteiger partial charge in [0.15, 0.2) is 11.5 Å². The quantitative estimate of drug-likeness (QED) is 0.258. The molecule has 2 aromatic rings. The lowest BCUT2D eigenvalue weighted by Crippen LogP contribution is -1.99. The second-order valence-electron chi connectivity index (χ2n) is 5.20. The monoisotopic (exact) mass is 356 g/mol. The van der Waals surface area contributed by atoms with Gasteiger partial charge in [-0.2, -0.15) is 0 Å². The highest BCUT2D eigenvalue weighted by atomic mass is 31.1. The average Bonchev–Trinajstić information content (AvgIpc) is 2.60. The third kappa shape index (κ3) is 4.85. The van der Waals surface area contributed by atoms with E-state index in [0.717, 1.165) is 25.7 Å². The van der Waals surface area contributed by atoms with Gasteiger partial charge in [0.2, 0.25) is 0 Å². The molecule has 2 aromatic carbocycles. The Bertz CT molecular complexity index is 689. The van der Waals surface area contributed by atoms with Crippen LogP contribution in [0.5, 0.6) is 17.2 Å². The molecule has 0 aliphatic heterocycles. The van der Waals surface area contributed by atoms with Gasteiger partial charge in [0.1, 0.15) is 5.75 Å². The molecule has 0 amide bonds. The van der Waals surface area contributed by atoms with Crippen molar-refractivity contribution >= 4 is 19.0 Å². The third-order valence-electron chi connectivity index (χ3n) is 3.51. The zero-order chi connectivity index (χ0) is 17.4. The number of fused-ring (bicyclic) bond motifs is 1. The van der Waals surface area contributed by atoms with Crippen LogP contribution < -0.4 is 9.26 Å². The Morgan fingerprint density at radius 2 is 1.75 bits per heavy atom. The van der Waals surface area contributed by atoms with Crippen molar-refractivity contribution in [2.24, 2.45) is 0 Å². The number of rotatable bonds is 10. The summed E-state index contributed by atoms with van der Waals surface area (Å²) >= 11 is 0. The lowest BCUT2D eigenvalue weighted by atomic mass is 10.1. The number of aromatic hydroxyl groups is 1. The Labute approximate surface area is 140 Å². The Hall–Kier alpha value is -1.79. The van der Waals surface area contributed by atoms with E-state index in [1.54, 1.807) is 18.2 Å². The molecule has 132 valence electrons. The Balaban J connectivity index is 2.16. The summed E-state index contributed by atoms with van der Waals surface area (Å²) in [5.74, 6) is 0.209. The molecule has 0 aliphatic carbocycles. The number of aliphatic hydroxyl groups is 1. The summed E-state index contributed by atoms with van der Waals surface area (Å²) in [5.41, 5.74) is 0. The van der Waals surface area contributed by atoms with E-state index >= 15 is 0 Å². The van der Waals surface area contributed by atoms with Gasteiger partial charge >= 0.3 is 8.25 Å². The molecule has 0 spiro atoms. The van der Waals surface area contributed by atoms with Crippen LogP contribution in [-0.4, -0.2) is 28.7 Å². The van der Waals surface area contributed by atoms with Crippen molar-refractivity contribution in [3.05, 3.63) is 30.3 Å². The largest absolute Gasteiger partial charge is 0.504 e. The number of hydrogen-bond donors (Lipinski definition) is 3. The van der Waals surface area contributed by atoms with Crippen LogP contribution >= 0.6 is 8.25 Å². The number of hydrogen-bond acceptors (Lipinski definition) is 7. The Morgan fingerprint density at radius 1 is 1.04 bits per heavy atom. The molecule has 2 rings (SSSR count). The summed E-state index contributed by atoms with van der Waals surface area (Å²) in [6.07, 6.45) is 3.50. The van der Waals surface area contributed by atoms with Crippen molar-refractivity contribution < 1.29 is 34.0 Å². The Kier molecular flexibility index (Phi) is 7.34. The first-order chi connectivity index (χ1) is 11.7. The van der Waals surface area contributed by atoms with E-state index in [4.69, 9.17) is 19.6 Å². The molecule has 0 heterocycles. The highest BCUT2D eigenvalue weighted by molar-refractivity contribution is 7.33. The maximum atomic E-state index is 11.3. The third-order valence-corrected chi connectivity index (χ3v) is 4.03. The van der Waals surface area contributed by atoms with Gasteiger partial charge < -0.3 is 19.5 Å². The van der Waals surface area contributed by atoms with Crippen molar-refractivity contribution in [2.75, 3.05) is 13.2 Å². The summed E-state index contributed by atoms with van der Waals surface area (Å²) in [5, 5.41) is 28.4. The fourth-order valence-corrected chi connectivity index (χ4v) is 2.80. The maximum absolute atomic E-state index is 11.3. The van der Waals surface area contributed by atoms with Crippen molar-refractivity contribution in [1.29, 1.82) is 0 Å². The van der Waals surface area contributed by atoms with Gasteiger partial charge in [-0.15, -0.1) is 4.67 Å². The van der Waals surface area contributed by atoms with E-state index in [1.807, 2.05) is 6.07 Å². The number of ether oxygens (including phenoxy) is 1. The first-order valence-corrected chi connectivity index (χ1v) is 8.91. The van der Waals surface area contributed by atoms with Gasteiger partial charge in [-0.3, -0.25) is 0 Å². The fourth-order valence-electron chi connectivity index (χ4n) is 2.38. The minimum Gasteiger partial charge on any atom is -0.504 e. The maximum Gasteiger partial charge on any atom is 0.394 e. The van der Waals surface area contributed by atoms with E-state index in [1.165, 1.54) is 6.07 Å². The normalized spacial score (nSPS) is 12.2. The van der Waals surface area contributed by atoms with Crippen LogP contribution in [0, 0.1) is 0 Å². The van der Waals surface area contributed by atoms with E-state index in [0.29, 0.717) is 23.1 Å². The molecule has 0 saturated carbocycles. The molecule has 1 atom stereocenters. The molecule has 0 aromatic heterocycles. The summed E-state index contributed by atoms with van der Waals surface area (Å²) in [4.78, 5) is 0. The standard InChI is InChI=1S/C16H21O7P/c17-9-5-1-2-6-10-21-15-11-14(18)16(22-24(20)23-19)13-8-4-3-7-12(13)15/h3-4,7-8,11,17-19,24H,1-2,5-6,9-10H2. The van der Waals surface area contributed by atoms with Crippen LogP contribution in [0.3, 0.4) is 0 Å². The van der Waals surface area contributed by atoms with E-state index in [2.05, 4.69) is 4.67 Å². The van der Waals surface area contributed by atoms with Gasteiger partial charge in [-0.05, 0) is 19.3 Å². The molecular formula is C16H21O7P. The van der Waals surface area contributed by atoms with Gasteiger partial charge in [0, 0.05) is 23.4 Å². The summed E-state index contributed by atoms with van der Waals surface area (Å²) in [6.45, 7) is 0.674. The summed E-state index contributed by atoms with van der Waals surface area (Å²) < 4.78 is 25.7. The highest BCUT2D eigenvalue weighted by Gasteiger charge is 2.16. The predicted octanol–water partition coefficient (Wildman–Crippen LogP) is 3.74. The van der Waals surface area contributed by atoms with Crippen LogP contribution in [0.25, 0.3) is 10.8 Å². The average molecular weight is 356 g/mol. The molecule has 0 bridgehead atoms. The summed E-state index contributed by atoms with van der Waals surface area (Å²) in [6, 6.07) is 8.41. The van der Waals surface area contributed by atoms with Crippen molar-refractivity contribution in [2.45, 2.75) is 25.7 Å². The predicted molar refractivity (Wildman–Crippen MR) is 90.0 cm³/mol. The second-order valence-corrected chi connectivity index (χ2v) is 6.08. The molecule has 3 N–H and O–H groups in total. The molecule has 8 heteroatoms. The van der Waals surface area contributed by atoms with Crippen molar-refractivity contribution in [1.82, 2.24) is 0 Å². The number of aliphatic hydroxyl groups excluding tert-OH is 1. The van der Waals surface area contributed by atoms with E-state index in [9.17, 15) is 9.67 Å². The van der Waals surface area contributed by atoms with Crippen LogP contribution in [-0.2, 0) is 9.24 Å². The first-order valence-electron chi connectivity index (χ1n) is 7.69. The Morgan fingerprint density at radius 3 is 2.46 bits per heavy atom. The first kappa shape index (κ1) is 18.5. The van der Waals surface area contributed by atoms with Gasteiger partial charge in [-0.1, -0.05) is 30.7 Å². The van der Waals surface area contributed by atoms with Gasteiger partial charge in [-0.25, -0.2) is 9.82 Å². The molecule has 0 saturated heterocycles. The number of phenols is 1. The number of phenolic OH excluding ortho intramolecular Hbond substituents is 1. The molecule has 1 unspecified atom stereocenters. The van der Waals surface area contributed by atoms with Crippen LogP contribution in [0.15, 0.2) is 30.3 Å². The van der Waals surface area contributed by atoms with Gasteiger partial charge in [0.25, 0.3) is 0 Å². The van der Waals surface area contributed by atoms with Crippen LogP contribution in [0.2, 0.25) is 0 Å². The van der Waals surface area contributed by atoms with Crippen molar-refractivity contribution in [3.63, 3.8) is 0 Å². The number of unbranched alkanes of at least 4 members (excludes halogenated alkanes) is 3. The molecule has 0 fully saturated rings. The second kappa shape index (κ2) is 9.49. The lowest BCUT2D eigenvalue weighted by molar-refractivity contribution is -0.137. The number of benzene rings is 2. The van der Waals surface area contributed by atoms with Gasteiger partial charge in [0.05, 0.1) is 6.61 Å². The molecule has 7 nitrogen and oxygen atoms in total. The van der Waals surface area contributed by atoms with E-state index in [-0.39, 0.29) is 18.1 Å². The van der Waals surface area contributed by atoms with Crippen molar-refractivity contribution in [3.8, 4) is 17.2 Å².